The quantitative estimate of drug-likeness (QED) is 0.617. The van der Waals surface area contributed by atoms with Crippen LogP contribution in [0.25, 0.3) is 0 Å². The molecule has 1 atom stereocenters. The van der Waals surface area contributed by atoms with E-state index >= 15 is 0 Å². The predicted octanol–water partition coefficient (Wildman–Crippen LogP) is 1.88. The Morgan fingerprint density at radius 3 is 2.89 bits per heavy atom. The highest BCUT2D eigenvalue weighted by atomic mass is 16.5. The average molecular weight is 247 g/mol. The molecule has 0 aliphatic heterocycles. The van der Waals surface area contributed by atoms with Gasteiger partial charge in [0, 0.05) is 6.54 Å². The van der Waals surface area contributed by atoms with E-state index in [0.29, 0.717) is 17.9 Å². The van der Waals surface area contributed by atoms with E-state index in [0.717, 1.165) is 11.8 Å². The molecule has 0 radical (unpaired) electrons. The highest BCUT2D eigenvalue weighted by Crippen LogP contribution is 2.19. The number of rotatable bonds is 6. The molecule has 0 fully saturated rings. The topological polar surface area (TPSA) is 55.4 Å². The Morgan fingerprint density at radius 2 is 2.28 bits per heavy atom. The van der Waals surface area contributed by atoms with Gasteiger partial charge in [-0.25, -0.2) is 0 Å². The van der Waals surface area contributed by atoms with Gasteiger partial charge in [-0.2, -0.15) is 0 Å². The zero-order chi connectivity index (χ0) is 13.5. The first-order chi connectivity index (χ1) is 8.58. The Hall–Kier alpha value is -2.10. The summed E-state index contributed by atoms with van der Waals surface area (Å²) in [6, 6.07) is 5.24. The molecule has 0 bridgehead atoms. The van der Waals surface area contributed by atoms with Crippen LogP contribution in [0.4, 0.5) is 0 Å². The van der Waals surface area contributed by atoms with E-state index in [9.17, 15) is 9.59 Å². The monoisotopic (exact) mass is 247 g/mol. The van der Waals surface area contributed by atoms with Crippen LogP contribution in [0.1, 0.15) is 22.8 Å². The van der Waals surface area contributed by atoms with E-state index in [4.69, 9.17) is 4.74 Å². The lowest BCUT2D eigenvalue weighted by Crippen LogP contribution is -2.36. The van der Waals surface area contributed by atoms with Crippen molar-refractivity contribution in [1.29, 1.82) is 0 Å². The Labute approximate surface area is 107 Å². The van der Waals surface area contributed by atoms with Crippen molar-refractivity contribution in [1.82, 2.24) is 5.32 Å². The molecule has 1 aromatic rings. The van der Waals surface area contributed by atoms with E-state index in [2.05, 4.69) is 11.9 Å². The van der Waals surface area contributed by atoms with Crippen LogP contribution in [0.5, 0.6) is 5.75 Å². The van der Waals surface area contributed by atoms with Gasteiger partial charge in [-0.15, -0.1) is 6.58 Å². The molecule has 0 aliphatic rings. The molecule has 0 aromatic heterocycles. The van der Waals surface area contributed by atoms with Gasteiger partial charge in [-0.3, -0.25) is 9.59 Å². The minimum Gasteiger partial charge on any atom is -0.480 e. The van der Waals surface area contributed by atoms with Gasteiger partial charge in [-0.05, 0) is 26.0 Å². The maximum absolute atomic E-state index is 11.6. The molecule has 96 valence electrons. The highest BCUT2D eigenvalue weighted by molar-refractivity contribution is 5.82. The van der Waals surface area contributed by atoms with E-state index in [-0.39, 0.29) is 5.91 Å². The molecule has 1 rings (SSSR count). The molecule has 1 unspecified atom stereocenters. The number of hydrogen-bond donors (Lipinski definition) is 1. The number of carbonyl (C=O) groups excluding carboxylic acids is 2. The van der Waals surface area contributed by atoms with Crippen LogP contribution in [-0.4, -0.2) is 24.8 Å². The van der Waals surface area contributed by atoms with Crippen molar-refractivity contribution >= 4 is 12.2 Å². The zero-order valence-corrected chi connectivity index (χ0v) is 10.6. The van der Waals surface area contributed by atoms with E-state index in [1.54, 1.807) is 25.1 Å². The van der Waals surface area contributed by atoms with E-state index < -0.39 is 6.10 Å². The standard InChI is InChI=1S/C14H17NO3/c1-4-7-15-14(17)11(3)18-13-6-5-10(2)8-12(13)9-16/h4-6,8-9,11H,1,7H2,2-3H3,(H,15,17). The third-order valence-corrected chi connectivity index (χ3v) is 2.39. The minimum atomic E-state index is -0.661. The van der Waals surface area contributed by atoms with Crippen molar-refractivity contribution in [3.8, 4) is 5.75 Å². The van der Waals surface area contributed by atoms with Crippen LogP contribution in [0.3, 0.4) is 0 Å². The summed E-state index contributed by atoms with van der Waals surface area (Å²) < 4.78 is 5.47. The minimum absolute atomic E-state index is 0.243. The van der Waals surface area contributed by atoms with Crippen LogP contribution in [0, 0.1) is 6.92 Å². The maximum atomic E-state index is 11.6. The second kappa shape index (κ2) is 6.59. The van der Waals surface area contributed by atoms with Crippen LogP contribution >= 0.6 is 0 Å². The van der Waals surface area contributed by atoms with Crippen LogP contribution in [0.2, 0.25) is 0 Å². The van der Waals surface area contributed by atoms with Gasteiger partial charge >= 0.3 is 0 Å². The molecule has 18 heavy (non-hydrogen) atoms. The molecule has 4 nitrogen and oxygen atoms in total. The Bertz CT molecular complexity index is 454. The van der Waals surface area contributed by atoms with Crippen molar-refractivity contribution in [2.24, 2.45) is 0 Å². The first kappa shape index (κ1) is 14.0. The summed E-state index contributed by atoms with van der Waals surface area (Å²) >= 11 is 0. The summed E-state index contributed by atoms with van der Waals surface area (Å²) in [5.41, 5.74) is 1.41. The molecule has 0 saturated heterocycles. The van der Waals surface area contributed by atoms with Gasteiger partial charge in [-0.1, -0.05) is 17.7 Å². The summed E-state index contributed by atoms with van der Waals surface area (Å²) in [5, 5.41) is 2.63. The molecule has 1 N–H and O–H groups in total. The van der Waals surface area contributed by atoms with E-state index in [1.165, 1.54) is 0 Å². The van der Waals surface area contributed by atoms with E-state index in [1.807, 2.05) is 13.0 Å². The number of aryl methyl sites for hydroxylation is 1. The number of hydrogen-bond acceptors (Lipinski definition) is 3. The van der Waals surface area contributed by atoms with Gasteiger partial charge < -0.3 is 10.1 Å². The zero-order valence-electron chi connectivity index (χ0n) is 10.6. The van der Waals surface area contributed by atoms with Crippen molar-refractivity contribution in [3.63, 3.8) is 0 Å². The fourth-order valence-electron chi connectivity index (χ4n) is 1.43. The third-order valence-electron chi connectivity index (χ3n) is 2.39. The average Bonchev–Trinajstić information content (AvgIpc) is 2.37. The van der Waals surface area contributed by atoms with Gasteiger partial charge in [0.05, 0.1) is 5.56 Å². The maximum Gasteiger partial charge on any atom is 0.261 e. The normalized spacial score (nSPS) is 11.4. The molecule has 0 spiro atoms. The van der Waals surface area contributed by atoms with Gasteiger partial charge in [0.25, 0.3) is 5.91 Å². The largest absolute Gasteiger partial charge is 0.480 e. The molecule has 0 saturated carbocycles. The molecule has 4 heteroatoms. The second-order valence-electron chi connectivity index (χ2n) is 3.95. The Kier molecular flexibility index (Phi) is 5.11. The van der Waals surface area contributed by atoms with Crippen molar-refractivity contribution < 1.29 is 14.3 Å². The molecule has 0 heterocycles. The van der Waals surface area contributed by atoms with Gasteiger partial charge in [0.2, 0.25) is 0 Å². The third kappa shape index (κ3) is 3.73. The highest BCUT2D eigenvalue weighted by Gasteiger charge is 2.15. The smallest absolute Gasteiger partial charge is 0.261 e. The summed E-state index contributed by atoms with van der Waals surface area (Å²) in [6.07, 6.45) is 1.65. The summed E-state index contributed by atoms with van der Waals surface area (Å²) in [5.74, 6) is 0.171. The van der Waals surface area contributed by atoms with Crippen molar-refractivity contribution in [3.05, 3.63) is 42.0 Å². The Morgan fingerprint density at radius 1 is 1.56 bits per heavy atom. The lowest BCUT2D eigenvalue weighted by atomic mass is 10.1. The molecular weight excluding hydrogens is 230 g/mol. The first-order valence-corrected chi connectivity index (χ1v) is 5.69. The van der Waals surface area contributed by atoms with Crippen molar-refractivity contribution in [2.75, 3.05) is 6.54 Å². The molecule has 1 amide bonds. The Balaban J connectivity index is 2.74. The summed E-state index contributed by atoms with van der Waals surface area (Å²) in [4.78, 5) is 22.5. The molecule has 0 aliphatic carbocycles. The lowest BCUT2D eigenvalue weighted by molar-refractivity contribution is -0.127. The predicted molar refractivity (Wildman–Crippen MR) is 69.9 cm³/mol. The number of nitrogens with one attached hydrogen (secondary N) is 1. The fourth-order valence-corrected chi connectivity index (χ4v) is 1.43. The lowest BCUT2D eigenvalue weighted by Gasteiger charge is -2.15. The SMILES string of the molecule is C=CCNC(=O)C(C)Oc1ccc(C)cc1C=O. The first-order valence-electron chi connectivity index (χ1n) is 5.69. The van der Waals surface area contributed by atoms with Crippen molar-refractivity contribution in [2.45, 2.75) is 20.0 Å². The number of carbonyl (C=O) groups is 2. The number of amides is 1. The summed E-state index contributed by atoms with van der Waals surface area (Å²) in [6.45, 7) is 7.42. The molecule has 1 aromatic carbocycles. The van der Waals surface area contributed by atoms with Crippen LogP contribution in [0.15, 0.2) is 30.9 Å². The number of benzene rings is 1. The van der Waals surface area contributed by atoms with Gasteiger partial charge in [0.15, 0.2) is 12.4 Å². The van der Waals surface area contributed by atoms with Gasteiger partial charge in [0.1, 0.15) is 5.75 Å². The summed E-state index contributed by atoms with van der Waals surface area (Å²) in [7, 11) is 0. The second-order valence-corrected chi connectivity index (χ2v) is 3.95. The van der Waals surface area contributed by atoms with Crippen LogP contribution in [-0.2, 0) is 4.79 Å². The number of ether oxygens (including phenoxy) is 1. The molecular formula is C14H17NO3. The fraction of sp³-hybridized carbons (Fsp3) is 0.286. The van der Waals surface area contributed by atoms with Crippen LogP contribution < -0.4 is 10.1 Å². The number of aldehydes is 1.